The van der Waals surface area contributed by atoms with Gasteiger partial charge in [-0.15, -0.1) is 0 Å². The van der Waals surface area contributed by atoms with Crippen LogP contribution in [0.3, 0.4) is 0 Å². The van der Waals surface area contributed by atoms with E-state index in [9.17, 15) is 9.59 Å². The maximum absolute atomic E-state index is 11.6. The largest absolute Gasteiger partial charge is 0.465 e. The molecule has 0 aromatic heterocycles. The summed E-state index contributed by atoms with van der Waals surface area (Å²) in [6.45, 7) is 10.7. The molecule has 0 radical (unpaired) electrons. The van der Waals surface area contributed by atoms with Gasteiger partial charge in [0.05, 0.1) is 12.0 Å². The molecule has 0 saturated heterocycles. The zero-order valence-corrected chi connectivity index (χ0v) is 10.5. The van der Waals surface area contributed by atoms with E-state index in [0.717, 1.165) is 0 Å². The van der Waals surface area contributed by atoms with Crippen molar-refractivity contribution in [3.8, 4) is 0 Å². The Kier molecular flexibility index (Phi) is 5.78. The number of hydrogen-bond acceptors (Lipinski definition) is 4. The molecule has 0 aliphatic rings. The van der Waals surface area contributed by atoms with Crippen LogP contribution in [0.2, 0.25) is 0 Å². The molecular formula is C12H20O4. The molecule has 0 heterocycles. The molecule has 0 N–H and O–H groups in total. The van der Waals surface area contributed by atoms with Crippen molar-refractivity contribution in [3.63, 3.8) is 0 Å². The summed E-state index contributed by atoms with van der Waals surface area (Å²) >= 11 is 0. The Bertz CT molecular complexity index is 283. The van der Waals surface area contributed by atoms with Gasteiger partial charge < -0.3 is 9.47 Å². The number of hydrogen-bond donors (Lipinski definition) is 0. The van der Waals surface area contributed by atoms with E-state index in [4.69, 9.17) is 9.47 Å². The van der Waals surface area contributed by atoms with Crippen molar-refractivity contribution in [2.45, 2.75) is 34.1 Å². The average molecular weight is 228 g/mol. The van der Waals surface area contributed by atoms with Crippen molar-refractivity contribution in [1.29, 1.82) is 0 Å². The predicted octanol–water partition coefficient (Wildman–Crippen LogP) is 2.09. The van der Waals surface area contributed by atoms with Crippen LogP contribution in [-0.2, 0) is 19.1 Å². The summed E-state index contributed by atoms with van der Waals surface area (Å²) in [6, 6.07) is 0. The molecule has 4 nitrogen and oxygen atoms in total. The van der Waals surface area contributed by atoms with Gasteiger partial charge in [0, 0.05) is 5.57 Å². The third-order valence-corrected chi connectivity index (χ3v) is 2.42. The first-order chi connectivity index (χ1) is 7.37. The summed E-state index contributed by atoms with van der Waals surface area (Å²) < 4.78 is 9.93. The third kappa shape index (κ3) is 4.04. The van der Waals surface area contributed by atoms with Crippen molar-refractivity contribution in [2.75, 3.05) is 13.2 Å². The number of ether oxygens (including phenoxy) is 2. The minimum atomic E-state index is -0.777. The number of rotatable bonds is 6. The highest BCUT2D eigenvalue weighted by atomic mass is 16.6. The highest BCUT2D eigenvalue weighted by Crippen LogP contribution is 2.23. The minimum Gasteiger partial charge on any atom is -0.465 e. The molecule has 0 bridgehead atoms. The van der Waals surface area contributed by atoms with E-state index >= 15 is 0 Å². The smallest absolute Gasteiger partial charge is 0.333 e. The Morgan fingerprint density at radius 2 is 1.81 bits per heavy atom. The molecule has 1 atom stereocenters. The van der Waals surface area contributed by atoms with E-state index in [0.29, 0.717) is 18.6 Å². The van der Waals surface area contributed by atoms with E-state index in [1.165, 1.54) is 0 Å². The van der Waals surface area contributed by atoms with Gasteiger partial charge in [-0.2, -0.15) is 0 Å². The van der Waals surface area contributed by atoms with Crippen LogP contribution in [-0.4, -0.2) is 25.2 Å². The van der Waals surface area contributed by atoms with Crippen LogP contribution in [0.1, 0.15) is 34.1 Å². The van der Waals surface area contributed by atoms with E-state index in [1.807, 2.05) is 6.92 Å². The highest BCUT2D eigenvalue weighted by molar-refractivity contribution is 5.87. The summed E-state index contributed by atoms with van der Waals surface area (Å²) in [7, 11) is 0. The third-order valence-electron chi connectivity index (χ3n) is 2.42. The Balaban J connectivity index is 4.43. The van der Waals surface area contributed by atoms with Gasteiger partial charge in [-0.25, -0.2) is 4.79 Å². The van der Waals surface area contributed by atoms with Gasteiger partial charge in [-0.3, -0.25) is 4.79 Å². The molecule has 0 aromatic rings. The topological polar surface area (TPSA) is 52.6 Å². The predicted molar refractivity (Wildman–Crippen MR) is 60.8 cm³/mol. The van der Waals surface area contributed by atoms with Gasteiger partial charge >= 0.3 is 11.9 Å². The van der Waals surface area contributed by atoms with Crippen LogP contribution in [0.15, 0.2) is 12.2 Å². The maximum Gasteiger partial charge on any atom is 0.333 e. The molecule has 16 heavy (non-hydrogen) atoms. The molecule has 0 fully saturated rings. The Labute approximate surface area is 96.6 Å². The molecule has 0 rings (SSSR count). The van der Waals surface area contributed by atoms with Crippen LogP contribution in [0.4, 0.5) is 0 Å². The van der Waals surface area contributed by atoms with Gasteiger partial charge in [0.15, 0.2) is 0 Å². The quantitative estimate of drug-likeness (QED) is 0.516. The fourth-order valence-electron chi connectivity index (χ4n) is 0.959. The van der Waals surface area contributed by atoms with Gasteiger partial charge in [0.2, 0.25) is 0 Å². The molecule has 0 aromatic carbocycles. The minimum absolute atomic E-state index is 0.0219. The Hall–Kier alpha value is -1.32. The molecule has 0 spiro atoms. The first-order valence-corrected chi connectivity index (χ1v) is 5.37. The van der Waals surface area contributed by atoms with Crippen molar-refractivity contribution < 1.29 is 19.1 Å². The average Bonchev–Trinajstić information content (AvgIpc) is 2.25. The van der Waals surface area contributed by atoms with Crippen molar-refractivity contribution in [1.82, 2.24) is 0 Å². The number of carbonyl (C=O) groups is 2. The molecule has 0 saturated carbocycles. The highest BCUT2D eigenvalue weighted by Gasteiger charge is 2.34. The van der Waals surface area contributed by atoms with E-state index in [1.54, 1.807) is 20.8 Å². The summed E-state index contributed by atoms with van der Waals surface area (Å²) in [4.78, 5) is 22.9. The maximum atomic E-state index is 11.6. The molecular weight excluding hydrogens is 208 g/mol. The zero-order valence-electron chi connectivity index (χ0n) is 10.5. The van der Waals surface area contributed by atoms with E-state index < -0.39 is 11.4 Å². The number of carbonyl (C=O) groups excluding carboxylic acids is 2. The molecule has 1 unspecified atom stereocenters. The van der Waals surface area contributed by atoms with Gasteiger partial charge in [0.25, 0.3) is 0 Å². The Morgan fingerprint density at radius 3 is 2.19 bits per heavy atom. The van der Waals surface area contributed by atoms with Crippen molar-refractivity contribution in [2.24, 2.45) is 5.41 Å². The summed E-state index contributed by atoms with van der Waals surface area (Å²) in [6.07, 6.45) is 0.551. The lowest BCUT2D eigenvalue weighted by Crippen LogP contribution is -2.35. The fraction of sp³-hybridized carbons (Fsp3) is 0.667. The lowest BCUT2D eigenvalue weighted by atomic mass is 9.89. The fourth-order valence-corrected chi connectivity index (χ4v) is 0.959. The lowest BCUT2D eigenvalue weighted by molar-refractivity contribution is -0.161. The Morgan fingerprint density at radius 1 is 1.25 bits per heavy atom. The summed E-state index contributed by atoms with van der Waals surface area (Å²) in [5.41, 5.74) is -0.455. The standard InChI is InChI=1S/C12H20O4/c1-6-12(5,11(14)15-7-2)8-16-10(13)9(3)4/h3,6-8H2,1-2,4-5H3. The first kappa shape index (κ1) is 14.7. The van der Waals surface area contributed by atoms with E-state index in [2.05, 4.69) is 6.58 Å². The zero-order chi connectivity index (χ0) is 12.8. The normalized spacial score (nSPS) is 13.8. The second-order valence-electron chi connectivity index (χ2n) is 3.99. The van der Waals surface area contributed by atoms with Crippen LogP contribution < -0.4 is 0 Å². The first-order valence-electron chi connectivity index (χ1n) is 5.37. The SMILES string of the molecule is C=C(C)C(=O)OCC(C)(CC)C(=O)OCC. The van der Waals surface area contributed by atoms with Crippen LogP contribution >= 0.6 is 0 Å². The number of esters is 2. The van der Waals surface area contributed by atoms with E-state index in [-0.39, 0.29) is 12.6 Å². The second-order valence-corrected chi connectivity index (χ2v) is 3.99. The summed E-state index contributed by atoms with van der Waals surface area (Å²) in [5.74, 6) is -0.823. The summed E-state index contributed by atoms with van der Waals surface area (Å²) in [5, 5.41) is 0. The molecule has 4 heteroatoms. The molecule has 0 aliphatic carbocycles. The molecule has 92 valence electrons. The van der Waals surface area contributed by atoms with Crippen LogP contribution in [0.5, 0.6) is 0 Å². The van der Waals surface area contributed by atoms with Crippen molar-refractivity contribution >= 4 is 11.9 Å². The van der Waals surface area contributed by atoms with Gasteiger partial charge in [0.1, 0.15) is 6.61 Å². The monoisotopic (exact) mass is 228 g/mol. The van der Waals surface area contributed by atoms with Crippen LogP contribution in [0.25, 0.3) is 0 Å². The molecule has 0 aliphatic heterocycles. The van der Waals surface area contributed by atoms with Gasteiger partial charge in [-0.05, 0) is 27.2 Å². The van der Waals surface area contributed by atoms with Gasteiger partial charge in [-0.1, -0.05) is 13.5 Å². The van der Waals surface area contributed by atoms with Crippen LogP contribution in [0, 0.1) is 5.41 Å². The second kappa shape index (κ2) is 6.30. The molecule has 0 amide bonds. The van der Waals surface area contributed by atoms with Crippen molar-refractivity contribution in [3.05, 3.63) is 12.2 Å². The lowest BCUT2D eigenvalue weighted by Gasteiger charge is -2.25.